The Morgan fingerprint density at radius 3 is 2.65 bits per heavy atom. The van der Waals surface area contributed by atoms with Crippen LogP contribution in [0.3, 0.4) is 0 Å². The summed E-state index contributed by atoms with van der Waals surface area (Å²) in [6, 6.07) is 4.62. The maximum Gasteiger partial charge on any atom is 0.170 e. The molecule has 3 N–H and O–H groups in total. The van der Waals surface area contributed by atoms with E-state index in [1.54, 1.807) is 12.1 Å². The van der Waals surface area contributed by atoms with Gasteiger partial charge in [-0.1, -0.05) is 17.3 Å². The van der Waals surface area contributed by atoms with E-state index in [1.165, 1.54) is 6.07 Å². The smallest absolute Gasteiger partial charge is 0.170 e. The van der Waals surface area contributed by atoms with E-state index in [-0.39, 0.29) is 23.9 Å². The van der Waals surface area contributed by atoms with Crippen molar-refractivity contribution < 1.29 is 14.3 Å². The van der Waals surface area contributed by atoms with Gasteiger partial charge in [-0.25, -0.2) is 4.39 Å². The number of hydrogen-bond acceptors (Lipinski definition) is 4. The summed E-state index contributed by atoms with van der Waals surface area (Å²) in [7, 11) is 0. The fraction of sp³-hybridized carbons (Fsp3) is 0.500. The lowest BCUT2D eigenvalue weighted by molar-refractivity contribution is -0.0707. The van der Waals surface area contributed by atoms with Crippen molar-refractivity contribution in [3.63, 3.8) is 0 Å². The van der Waals surface area contributed by atoms with Crippen molar-refractivity contribution in [3.05, 3.63) is 35.1 Å². The predicted octanol–water partition coefficient (Wildman–Crippen LogP) is 1.53. The van der Waals surface area contributed by atoms with E-state index < -0.39 is 0 Å². The summed E-state index contributed by atoms with van der Waals surface area (Å²) in [6.07, 6.45) is 0.302. The van der Waals surface area contributed by atoms with Gasteiger partial charge in [0.05, 0.1) is 12.2 Å². The van der Waals surface area contributed by atoms with Crippen molar-refractivity contribution >= 4 is 5.84 Å². The Labute approximate surface area is 117 Å². The van der Waals surface area contributed by atoms with Gasteiger partial charge in [-0.2, -0.15) is 0 Å². The van der Waals surface area contributed by atoms with Crippen LogP contribution in [0.1, 0.15) is 25.0 Å². The lowest BCUT2D eigenvalue weighted by Crippen LogP contribution is -2.44. The van der Waals surface area contributed by atoms with E-state index in [4.69, 9.17) is 15.7 Å². The van der Waals surface area contributed by atoms with Gasteiger partial charge in [0.2, 0.25) is 0 Å². The average molecular weight is 281 g/mol. The molecule has 6 heteroatoms. The number of amidine groups is 1. The minimum Gasteiger partial charge on any atom is -0.409 e. The van der Waals surface area contributed by atoms with E-state index in [9.17, 15) is 4.39 Å². The molecule has 0 aromatic heterocycles. The van der Waals surface area contributed by atoms with Crippen molar-refractivity contribution in [2.45, 2.75) is 32.6 Å². The number of benzene rings is 1. The molecule has 2 rings (SSSR count). The molecular weight excluding hydrogens is 261 g/mol. The van der Waals surface area contributed by atoms with Gasteiger partial charge in [-0.3, -0.25) is 4.90 Å². The van der Waals surface area contributed by atoms with Gasteiger partial charge in [0.15, 0.2) is 5.84 Å². The number of rotatable bonds is 3. The van der Waals surface area contributed by atoms with Crippen LogP contribution in [0.4, 0.5) is 4.39 Å². The Morgan fingerprint density at radius 2 is 2.10 bits per heavy atom. The molecule has 0 amide bonds. The molecule has 110 valence electrons. The van der Waals surface area contributed by atoms with E-state index in [0.29, 0.717) is 17.7 Å². The molecule has 0 spiro atoms. The Hall–Kier alpha value is -1.66. The van der Waals surface area contributed by atoms with Gasteiger partial charge in [0.1, 0.15) is 5.82 Å². The Balaban J connectivity index is 2.10. The van der Waals surface area contributed by atoms with Crippen LogP contribution in [0.15, 0.2) is 23.4 Å². The fourth-order valence-electron chi connectivity index (χ4n) is 2.55. The SMILES string of the molecule is CC1CN(Cc2ccc(/C(N)=N/O)cc2F)CC(C)O1. The monoisotopic (exact) mass is 281 g/mol. The zero-order valence-electron chi connectivity index (χ0n) is 11.7. The first kappa shape index (κ1) is 14.7. The molecule has 1 aromatic carbocycles. The third-order valence-electron chi connectivity index (χ3n) is 3.35. The zero-order chi connectivity index (χ0) is 14.7. The van der Waals surface area contributed by atoms with Gasteiger partial charge in [0, 0.05) is 30.8 Å². The Kier molecular flexibility index (Phi) is 4.57. The second-order valence-electron chi connectivity index (χ2n) is 5.24. The normalized spacial score (nSPS) is 24.9. The molecule has 1 aliphatic heterocycles. The van der Waals surface area contributed by atoms with E-state index in [1.807, 2.05) is 13.8 Å². The second-order valence-corrected chi connectivity index (χ2v) is 5.24. The van der Waals surface area contributed by atoms with Gasteiger partial charge in [-0.15, -0.1) is 0 Å². The molecule has 1 saturated heterocycles. The van der Waals surface area contributed by atoms with E-state index >= 15 is 0 Å². The molecule has 0 saturated carbocycles. The Bertz CT molecular complexity index is 497. The summed E-state index contributed by atoms with van der Waals surface area (Å²) in [4.78, 5) is 2.17. The summed E-state index contributed by atoms with van der Waals surface area (Å²) < 4.78 is 19.7. The summed E-state index contributed by atoms with van der Waals surface area (Å²) in [5, 5.41) is 11.5. The summed E-state index contributed by atoms with van der Waals surface area (Å²) >= 11 is 0. The number of morpholine rings is 1. The van der Waals surface area contributed by atoms with Gasteiger partial charge < -0.3 is 15.7 Å². The van der Waals surface area contributed by atoms with Gasteiger partial charge in [-0.05, 0) is 19.9 Å². The minimum absolute atomic E-state index is 0.0935. The maximum absolute atomic E-state index is 14.0. The number of nitrogens with zero attached hydrogens (tertiary/aromatic N) is 2. The highest BCUT2D eigenvalue weighted by atomic mass is 19.1. The van der Waals surface area contributed by atoms with Crippen molar-refractivity contribution in [2.24, 2.45) is 10.9 Å². The minimum atomic E-state index is -0.346. The third kappa shape index (κ3) is 3.46. The Morgan fingerprint density at radius 1 is 1.45 bits per heavy atom. The van der Waals surface area contributed by atoms with E-state index in [2.05, 4.69) is 10.1 Å². The standard InChI is InChI=1S/C14H20FN3O2/c1-9-6-18(7-10(2)20-9)8-12-4-3-11(5-13(12)15)14(16)17-19/h3-5,9-10,19H,6-8H2,1-2H3,(H2,16,17). The van der Waals surface area contributed by atoms with Crippen molar-refractivity contribution in [1.29, 1.82) is 0 Å². The predicted molar refractivity (Wildman–Crippen MR) is 74.2 cm³/mol. The molecule has 1 aliphatic rings. The van der Waals surface area contributed by atoms with Crippen LogP contribution in [0.2, 0.25) is 0 Å². The highest BCUT2D eigenvalue weighted by Crippen LogP contribution is 2.17. The molecule has 0 aliphatic carbocycles. The van der Waals surface area contributed by atoms with Crippen LogP contribution < -0.4 is 5.73 Å². The molecule has 2 unspecified atom stereocenters. The van der Waals surface area contributed by atoms with Crippen molar-refractivity contribution in [3.8, 4) is 0 Å². The number of hydrogen-bond donors (Lipinski definition) is 2. The second kappa shape index (κ2) is 6.19. The fourth-order valence-corrected chi connectivity index (χ4v) is 2.55. The number of ether oxygens (including phenoxy) is 1. The first-order chi connectivity index (χ1) is 9.49. The molecule has 1 heterocycles. The highest BCUT2D eigenvalue weighted by Gasteiger charge is 2.22. The van der Waals surface area contributed by atoms with Crippen molar-refractivity contribution in [1.82, 2.24) is 4.90 Å². The van der Waals surface area contributed by atoms with Crippen LogP contribution in [0.5, 0.6) is 0 Å². The molecule has 20 heavy (non-hydrogen) atoms. The van der Waals surface area contributed by atoms with Crippen LogP contribution in [0.25, 0.3) is 0 Å². The number of nitrogens with two attached hydrogens (primary N) is 1. The van der Waals surface area contributed by atoms with Crippen LogP contribution in [-0.4, -0.2) is 41.2 Å². The lowest BCUT2D eigenvalue weighted by Gasteiger charge is -2.35. The molecule has 0 bridgehead atoms. The summed E-state index contributed by atoms with van der Waals surface area (Å²) in [5.41, 5.74) is 6.41. The molecule has 2 atom stereocenters. The highest BCUT2D eigenvalue weighted by molar-refractivity contribution is 5.97. The lowest BCUT2D eigenvalue weighted by atomic mass is 10.1. The number of oxime groups is 1. The largest absolute Gasteiger partial charge is 0.409 e. The average Bonchev–Trinajstić information content (AvgIpc) is 2.39. The van der Waals surface area contributed by atoms with Crippen molar-refractivity contribution in [2.75, 3.05) is 13.1 Å². The topological polar surface area (TPSA) is 71.1 Å². The van der Waals surface area contributed by atoms with Gasteiger partial charge in [0.25, 0.3) is 0 Å². The van der Waals surface area contributed by atoms with Gasteiger partial charge >= 0.3 is 0 Å². The molecule has 1 aromatic rings. The molecular formula is C14H20FN3O2. The van der Waals surface area contributed by atoms with Crippen LogP contribution >= 0.6 is 0 Å². The quantitative estimate of drug-likeness (QED) is 0.381. The molecule has 5 nitrogen and oxygen atoms in total. The van der Waals surface area contributed by atoms with E-state index in [0.717, 1.165) is 13.1 Å². The third-order valence-corrected chi connectivity index (χ3v) is 3.35. The first-order valence-electron chi connectivity index (χ1n) is 6.63. The number of halogens is 1. The summed E-state index contributed by atoms with van der Waals surface area (Å²) in [5.74, 6) is -0.440. The summed E-state index contributed by atoms with van der Waals surface area (Å²) in [6.45, 7) is 6.12. The van der Waals surface area contributed by atoms with Crippen LogP contribution in [0, 0.1) is 5.82 Å². The molecule has 0 radical (unpaired) electrons. The maximum atomic E-state index is 14.0. The van der Waals surface area contributed by atoms with Crippen LogP contribution in [-0.2, 0) is 11.3 Å². The first-order valence-corrected chi connectivity index (χ1v) is 6.63. The zero-order valence-corrected chi connectivity index (χ0v) is 11.7. The molecule has 1 fully saturated rings.